The van der Waals surface area contributed by atoms with Gasteiger partial charge in [-0.2, -0.15) is 0 Å². The molecule has 2 heterocycles. The molecular weight excluding hydrogens is 418 g/mol. The number of aromatic nitrogens is 3. The van der Waals surface area contributed by atoms with Crippen molar-refractivity contribution in [1.82, 2.24) is 20.1 Å². The summed E-state index contributed by atoms with van der Waals surface area (Å²) in [6.07, 6.45) is 1.32. The van der Waals surface area contributed by atoms with Crippen molar-refractivity contribution in [3.05, 3.63) is 60.4 Å². The van der Waals surface area contributed by atoms with E-state index in [0.29, 0.717) is 41.1 Å². The normalized spacial score (nSPS) is 14.7. The molecule has 0 fully saturated rings. The van der Waals surface area contributed by atoms with Gasteiger partial charge in [0.2, 0.25) is 5.91 Å². The molecule has 2 aromatic carbocycles. The molecule has 9 nitrogen and oxygen atoms in total. The minimum absolute atomic E-state index is 0.167. The maximum absolute atomic E-state index is 12.4. The zero-order valence-corrected chi connectivity index (χ0v) is 17.6. The Balaban J connectivity index is 1.23. The summed E-state index contributed by atoms with van der Waals surface area (Å²) in [5, 5.41) is 14.0. The van der Waals surface area contributed by atoms with Crippen LogP contribution in [0, 0.1) is 0 Å². The second-order valence-electron chi connectivity index (χ2n) is 6.85. The van der Waals surface area contributed by atoms with Gasteiger partial charge in [-0.25, -0.2) is 0 Å². The summed E-state index contributed by atoms with van der Waals surface area (Å²) in [5.74, 6) is 1.20. The summed E-state index contributed by atoms with van der Waals surface area (Å²) in [4.78, 5) is 24.5. The number of fused-ring (bicyclic) bond motifs is 1. The lowest BCUT2D eigenvalue weighted by molar-refractivity contribution is -0.113. The number of nitrogens with one attached hydrogen (secondary N) is 2. The smallest absolute Gasteiger partial charge is 0.251 e. The van der Waals surface area contributed by atoms with Crippen molar-refractivity contribution in [3.63, 3.8) is 0 Å². The Morgan fingerprint density at radius 2 is 1.94 bits per heavy atom. The number of carbonyl (C=O) groups excluding carboxylic acids is 2. The average molecular weight is 439 g/mol. The molecule has 0 aliphatic carbocycles. The quantitative estimate of drug-likeness (QED) is 0.543. The lowest BCUT2D eigenvalue weighted by atomic mass is 10.2. The molecule has 1 aliphatic rings. The van der Waals surface area contributed by atoms with E-state index in [9.17, 15) is 9.59 Å². The number of hydrogen-bond acceptors (Lipinski definition) is 7. The number of nitrogens with zero attached hydrogens (tertiary/aromatic N) is 3. The first-order valence-corrected chi connectivity index (χ1v) is 10.6. The Hall–Kier alpha value is -3.53. The summed E-state index contributed by atoms with van der Waals surface area (Å²) in [5.41, 5.74) is 1.10. The minimum Gasteiger partial charge on any atom is -0.486 e. The van der Waals surface area contributed by atoms with Gasteiger partial charge in [-0.1, -0.05) is 23.9 Å². The first-order valence-electron chi connectivity index (χ1n) is 9.62. The maximum Gasteiger partial charge on any atom is 0.251 e. The summed E-state index contributed by atoms with van der Waals surface area (Å²) < 4.78 is 13.2. The summed E-state index contributed by atoms with van der Waals surface area (Å²) in [7, 11) is 1.82. The van der Waals surface area contributed by atoms with Crippen molar-refractivity contribution in [1.29, 1.82) is 0 Å². The molecule has 10 heteroatoms. The van der Waals surface area contributed by atoms with Gasteiger partial charge in [-0.05, 0) is 36.4 Å². The molecule has 1 atom stereocenters. The van der Waals surface area contributed by atoms with Crippen molar-refractivity contribution < 1.29 is 19.1 Å². The van der Waals surface area contributed by atoms with Gasteiger partial charge in [0.25, 0.3) is 5.91 Å². The zero-order chi connectivity index (χ0) is 21.6. The van der Waals surface area contributed by atoms with Gasteiger partial charge in [0.1, 0.15) is 19.0 Å². The van der Waals surface area contributed by atoms with E-state index in [4.69, 9.17) is 9.47 Å². The van der Waals surface area contributed by atoms with Crippen LogP contribution in [0.15, 0.2) is 60.0 Å². The van der Waals surface area contributed by atoms with Crippen LogP contribution in [0.3, 0.4) is 0 Å². The van der Waals surface area contributed by atoms with Crippen LogP contribution in [0.5, 0.6) is 11.5 Å². The van der Waals surface area contributed by atoms with Crippen molar-refractivity contribution >= 4 is 29.3 Å². The van der Waals surface area contributed by atoms with E-state index in [2.05, 4.69) is 20.8 Å². The number of rotatable bonds is 7. The van der Waals surface area contributed by atoms with Gasteiger partial charge in [0.15, 0.2) is 16.7 Å². The van der Waals surface area contributed by atoms with Crippen molar-refractivity contribution in [3.8, 4) is 11.5 Å². The molecular formula is C21H21N5O4S. The molecule has 1 aromatic heterocycles. The Kier molecular flexibility index (Phi) is 6.37. The van der Waals surface area contributed by atoms with Gasteiger partial charge in [0, 0.05) is 18.3 Å². The molecule has 0 spiro atoms. The zero-order valence-electron chi connectivity index (χ0n) is 16.8. The third kappa shape index (κ3) is 5.34. The molecule has 0 saturated heterocycles. The summed E-state index contributed by atoms with van der Waals surface area (Å²) in [6.45, 7) is 0.694. The molecule has 2 N–H and O–H groups in total. The third-order valence-electron chi connectivity index (χ3n) is 4.49. The second kappa shape index (κ2) is 9.52. The van der Waals surface area contributed by atoms with E-state index in [-0.39, 0.29) is 23.7 Å². The molecule has 0 saturated carbocycles. The molecule has 3 aromatic rings. The van der Waals surface area contributed by atoms with E-state index >= 15 is 0 Å². The fourth-order valence-corrected chi connectivity index (χ4v) is 3.60. The lowest BCUT2D eigenvalue weighted by Gasteiger charge is -2.26. The van der Waals surface area contributed by atoms with Crippen LogP contribution < -0.4 is 20.1 Å². The highest BCUT2D eigenvalue weighted by Crippen LogP contribution is 2.30. The van der Waals surface area contributed by atoms with Crippen LogP contribution in [-0.2, 0) is 11.8 Å². The summed E-state index contributed by atoms with van der Waals surface area (Å²) in [6, 6.07) is 14.1. The third-order valence-corrected chi connectivity index (χ3v) is 5.53. The van der Waals surface area contributed by atoms with Gasteiger partial charge in [-0.15, -0.1) is 10.2 Å². The predicted octanol–water partition coefficient (Wildman–Crippen LogP) is 2.12. The van der Waals surface area contributed by atoms with Crippen LogP contribution >= 0.6 is 11.8 Å². The highest BCUT2D eigenvalue weighted by Gasteiger charge is 2.21. The maximum atomic E-state index is 12.4. The van der Waals surface area contributed by atoms with Gasteiger partial charge in [-0.3, -0.25) is 9.59 Å². The van der Waals surface area contributed by atoms with Crippen LogP contribution in [0.2, 0.25) is 0 Å². The van der Waals surface area contributed by atoms with Crippen molar-refractivity contribution in [2.75, 3.05) is 24.2 Å². The second-order valence-corrected chi connectivity index (χ2v) is 7.79. The van der Waals surface area contributed by atoms with Gasteiger partial charge >= 0.3 is 0 Å². The molecule has 1 aliphatic heterocycles. The van der Waals surface area contributed by atoms with Crippen molar-refractivity contribution in [2.24, 2.45) is 7.05 Å². The Bertz CT molecular complexity index is 1070. The molecule has 2 amide bonds. The first-order chi connectivity index (χ1) is 15.1. The molecule has 0 bridgehead atoms. The Labute approximate surface area is 183 Å². The van der Waals surface area contributed by atoms with Crippen LogP contribution in [-0.4, -0.2) is 51.6 Å². The molecule has 0 unspecified atom stereocenters. The molecule has 4 rings (SSSR count). The van der Waals surface area contributed by atoms with E-state index in [1.54, 1.807) is 35.2 Å². The standard InChI is InChI=1S/C21H21N5O4S/c1-26-13-23-25-21(26)31-12-19(27)24-15-8-6-14(7-9-15)20(28)22-10-16-11-29-17-4-2-3-5-18(17)30-16/h2-9,13,16H,10-12H2,1H3,(H,22,28)(H,24,27)/t16-/m0/s1. The Morgan fingerprint density at radius 1 is 1.16 bits per heavy atom. The van der Waals surface area contributed by atoms with E-state index < -0.39 is 0 Å². The SMILES string of the molecule is Cn1cnnc1SCC(=O)Nc1ccc(C(=O)NC[C@H]2COc3ccccc3O2)cc1. The molecule has 31 heavy (non-hydrogen) atoms. The van der Waals surface area contributed by atoms with E-state index in [0.717, 1.165) is 0 Å². The van der Waals surface area contributed by atoms with Crippen LogP contribution in [0.1, 0.15) is 10.4 Å². The topological polar surface area (TPSA) is 107 Å². The fourth-order valence-electron chi connectivity index (χ4n) is 2.91. The number of aryl methyl sites for hydroxylation is 1. The number of benzene rings is 2. The largest absolute Gasteiger partial charge is 0.486 e. The highest BCUT2D eigenvalue weighted by atomic mass is 32.2. The first kappa shape index (κ1) is 20.7. The monoisotopic (exact) mass is 439 g/mol. The number of carbonyl (C=O) groups is 2. The van der Waals surface area contributed by atoms with E-state index in [1.807, 2.05) is 31.3 Å². The number of para-hydroxylation sites is 2. The Morgan fingerprint density at radius 3 is 2.68 bits per heavy atom. The highest BCUT2D eigenvalue weighted by molar-refractivity contribution is 7.99. The fraction of sp³-hybridized carbons (Fsp3) is 0.238. The lowest BCUT2D eigenvalue weighted by Crippen LogP contribution is -2.40. The molecule has 160 valence electrons. The molecule has 0 radical (unpaired) electrons. The average Bonchev–Trinajstić information content (AvgIpc) is 3.21. The summed E-state index contributed by atoms with van der Waals surface area (Å²) >= 11 is 1.30. The number of anilines is 1. The predicted molar refractivity (Wildman–Crippen MR) is 115 cm³/mol. The van der Waals surface area contributed by atoms with Gasteiger partial charge in [0.05, 0.1) is 12.3 Å². The number of amides is 2. The number of hydrogen-bond donors (Lipinski definition) is 2. The minimum atomic E-state index is -0.260. The van der Waals surface area contributed by atoms with E-state index in [1.165, 1.54) is 11.8 Å². The van der Waals surface area contributed by atoms with Crippen molar-refractivity contribution in [2.45, 2.75) is 11.3 Å². The number of thioether (sulfide) groups is 1. The number of ether oxygens (including phenoxy) is 2. The van der Waals surface area contributed by atoms with Crippen LogP contribution in [0.4, 0.5) is 5.69 Å². The van der Waals surface area contributed by atoms with Crippen LogP contribution in [0.25, 0.3) is 0 Å². The van der Waals surface area contributed by atoms with Gasteiger partial charge < -0.3 is 24.7 Å².